The molecular weight excluding hydrogens is 176 g/mol. The molecule has 3 rings (SSSR count). The van der Waals surface area contributed by atoms with Crippen molar-refractivity contribution in [1.29, 1.82) is 0 Å². The molecule has 3 heteroatoms. The van der Waals surface area contributed by atoms with E-state index in [2.05, 4.69) is 15.6 Å². The van der Waals surface area contributed by atoms with Crippen molar-refractivity contribution >= 4 is 11.0 Å². The average Bonchev–Trinajstić information content (AvgIpc) is 2.75. The van der Waals surface area contributed by atoms with Crippen molar-refractivity contribution < 1.29 is 4.74 Å². The first-order chi connectivity index (χ1) is 6.88. The maximum Gasteiger partial charge on any atom is 0.121 e. The minimum absolute atomic E-state index is 0.884. The molecule has 0 saturated carbocycles. The standard InChI is InChI=1S/C11H12N2O/c1-14-8-4-5-10-9(7-8)12-11-3-2-6-13(10)11/h4-5,7H,2-3,6H2,1H3. The predicted octanol–water partition coefficient (Wildman–Crippen LogP) is 1.99. The van der Waals surface area contributed by atoms with Gasteiger partial charge < -0.3 is 9.30 Å². The lowest BCUT2D eigenvalue weighted by atomic mass is 10.3. The smallest absolute Gasteiger partial charge is 0.121 e. The Morgan fingerprint density at radius 2 is 2.36 bits per heavy atom. The molecule has 1 aliphatic heterocycles. The van der Waals surface area contributed by atoms with Crippen LogP contribution in [0.2, 0.25) is 0 Å². The van der Waals surface area contributed by atoms with Crippen molar-refractivity contribution in [3.05, 3.63) is 24.0 Å². The van der Waals surface area contributed by atoms with Crippen molar-refractivity contribution in [3.63, 3.8) is 0 Å². The minimum atomic E-state index is 0.884. The second-order valence-corrected chi connectivity index (χ2v) is 3.64. The summed E-state index contributed by atoms with van der Waals surface area (Å²) < 4.78 is 7.47. The number of rotatable bonds is 1. The van der Waals surface area contributed by atoms with Gasteiger partial charge >= 0.3 is 0 Å². The summed E-state index contributed by atoms with van der Waals surface area (Å²) in [5, 5.41) is 0. The fourth-order valence-corrected chi connectivity index (χ4v) is 2.12. The number of ether oxygens (including phenoxy) is 1. The van der Waals surface area contributed by atoms with Gasteiger partial charge in [-0.3, -0.25) is 0 Å². The Balaban J connectivity index is 2.27. The van der Waals surface area contributed by atoms with Crippen LogP contribution in [0.15, 0.2) is 18.2 Å². The van der Waals surface area contributed by atoms with Gasteiger partial charge in [-0.2, -0.15) is 0 Å². The Hall–Kier alpha value is -1.51. The molecule has 3 nitrogen and oxygen atoms in total. The van der Waals surface area contributed by atoms with Gasteiger partial charge in [0.1, 0.15) is 11.6 Å². The van der Waals surface area contributed by atoms with Crippen LogP contribution in [0.25, 0.3) is 11.0 Å². The van der Waals surface area contributed by atoms with E-state index >= 15 is 0 Å². The molecule has 1 aromatic heterocycles. The van der Waals surface area contributed by atoms with E-state index < -0.39 is 0 Å². The zero-order valence-electron chi connectivity index (χ0n) is 8.16. The molecular formula is C11H12N2O. The molecule has 1 aromatic carbocycles. The van der Waals surface area contributed by atoms with Gasteiger partial charge in [-0.15, -0.1) is 0 Å². The SMILES string of the molecule is COc1ccc2c(c1)nc1n2CCC1. The lowest BCUT2D eigenvalue weighted by Gasteiger charge is -2.00. The quantitative estimate of drug-likeness (QED) is 0.684. The zero-order chi connectivity index (χ0) is 9.54. The highest BCUT2D eigenvalue weighted by Crippen LogP contribution is 2.25. The van der Waals surface area contributed by atoms with Gasteiger partial charge in [0.2, 0.25) is 0 Å². The van der Waals surface area contributed by atoms with Gasteiger partial charge in [-0.05, 0) is 18.6 Å². The number of fused-ring (bicyclic) bond motifs is 3. The molecule has 2 aromatic rings. The Morgan fingerprint density at radius 3 is 3.21 bits per heavy atom. The monoisotopic (exact) mass is 188 g/mol. The number of aryl methyl sites for hydroxylation is 2. The first-order valence-corrected chi connectivity index (χ1v) is 4.91. The Labute approximate surface area is 82.3 Å². The summed E-state index contributed by atoms with van der Waals surface area (Å²) >= 11 is 0. The molecule has 0 atom stereocenters. The summed E-state index contributed by atoms with van der Waals surface area (Å²) in [6.45, 7) is 1.11. The Morgan fingerprint density at radius 1 is 1.43 bits per heavy atom. The maximum atomic E-state index is 5.17. The highest BCUT2D eigenvalue weighted by Gasteiger charge is 2.15. The second-order valence-electron chi connectivity index (χ2n) is 3.64. The predicted molar refractivity (Wildman–Crippen MR) is 54.6 cm³/mol. The summed E-state index contributed by atoms with van der Waals surface area (Å²) in [5.74, 6) is 2.10. The van der Waals surface area contributed by atoms with E-state index in [1.165, 1.54) is 17.8 Å². The van der Waals surface area contributed by atoms with Crippen LogP contribution in [0, 0.1) is 0 Å². The average molecular weight is 188 g/mol. The van der Waals surface area contributed by atoms with Crippen LogP contribution < -0.4 is 4.74 Å². The van der Waals surface area contributed by atoms with Crippen LogP contribution in [-0.2, 0) is 13.0 Å². The summed E-state index contributed by atoms with van der Waals surface area (Å²) in [7, 11) is 1.69. The maximum absolute atomic E-state index is 5.17. The van der Waals surface area contributed by atoms with Gasteiger partial charge in [0.15, 0.2) is 0 Å². The molecule has 0 amide bonds. The van der Waals surface area contributed by atoms with Gasteiger partial charge in [0.05, 0.1) is 18.1 Å². The molecule has 0 aliphatic carbocycles. The third-order valence-corrected chi connectivity index (χ3v) is 2.82. The highest BCUT2D eigenvalue weighted by molar-refractivity contribution is 5.78. The van der Waals surface area contributed by atoms with Crippen LogP contribution in [0.4, 0.5) is 0 Å². The van der Waals surface area contributed by atoms with Crippen molar-refractivity contribution in [2.75, 3.05) is 7.11 Å². The topological polar surface area (TPSA) is 27.1 Å². The van der Waals surface area contributed by atoms with Crippen LogP contribution in [0.5, 0.6) is 5.75 Å². The molecule has 0 fully saturated rings. The van der Waals surface area contributed by atoms with E-state index in [1.807, 2.05) is 12.1 Å². The van der Waals surface area contributed by atoms with Crippen LogP contribution in [0.3, 0.4) is 0 Å². The highest BCUT2D eigenvalue weighted by atomic mass is 16.5. The van der Waals surface area contributed by atoms with Crippen molar-refractivity contribution in [1.82, 2.24) is 9.55 Å². The summed E-state index contributed by atoms with van der Waals surface area (Å²) in [6, 6.07) is 6.09. The summed E-state index contributed by atoms with van der Waals surface area (Å²) in [4.78, 5) is 4.58. The van der Waals surface area contributed by atoms with Crippen LogP contribution in [-0.4, -0.2) is 16.7 Å². The number of aromatic nitrogens is 2. The summed E-state index contributed by atoms with van der Waals surface area (Å²) in [6.07, 6.45) is 2.33. The molecule has 1 aliphatic rings. The molecule has 14 heavy (non-hydrogen) atoms. The third kappa shape index (κ3) is 0.953. The van der Waals surface area contributed by atoms with Crippen molar-refractivity contribution in [3.8, 4) is 5.75 Å². The fourth-order valence-electron chi connectivity index (χ4n) is 2.12. The molecule has 0 radical (unpaired) electrons. The van der Waals surface area contributed by atoms with E-state index in [1.54, 1.807) is 7.11 Å². The van der Waals surface area contributed by atoms with Crippen molar-refractivity contribution in [2.45, 2.75) is 19.4 Å². The number of imidazole rings is 1. The van der Waals surface area contributed by atoms with E-state index in [-0.39, 0.29) is 0 Å². The number of hydrogen-bond acceptors (Lipinski definition) is 2. The molecule has 72 valence electrons. The van der Waals surface area contributed by atoms with E-state index in [0.717, 1.165) is 24.2 Å². The second kappa shape index (κ2) is 2.74. The van der Waals surface area contributed by atoms with E-state index in [0.29, 0.717) is 0 Å². The van der Waals surface area contributed by atoms with Gasteiger partial charge in [0, 0.05) is 19.0 Å². The fraction of sp³-hybridized carbons (Fsp3) is 0.364. The molecule has 0 N–H and O–H groups in total. The molecule has 0 bridgehead atoms. The summed E-state index contributed by atoms with van der Waals surface area (Å²) in [5.41, 5.74) is 2.29. The Bertz CT molecular complexity index is 487. The largest absolute Gasteiger partial charge is 0.497 e. The first-order valence-electron chi connectivity index (χ1n) is 4.91. The van der Waals surface area contributed by atoms with Crippen LogP contribution in [0.1, 0.15) is 12.2 Å². The van der Waals surface area contributed by atoms with Crippen LogP contribution >= 0.6 is 0 Å². The van der Waals surface area contributed by atoms with E-state index in [4.69, 9.17) is 4.74 Å². The lowest BCUT2D eigenvalue weighted by Crippen LogP contribution is -1.91. The number of methoxy groups -OCH3 is 1. The Kier molecular flexibility index (Phi) is 1.54. The van der Waals surface area contributed by atoms with Gasteiger partial charge in [-0.25, -0.2) is 4.98 Å². The van der Waals surface area contributed by atoms with Gasteiger partial charge in [0.25, 0.3) is 0 Å². The molecule has 2 heterocycles. The zero-order valence-corrected chi connectivity index (χ0v) is 8.16. The lowest BCUT2D eigenvalue weighted by molar-refractivity contribution is 0.415. The third-order valence-electron chi connectivity index (χ3n) is 2.82. The number of benzene rings is 1. The number of nitrogens with zero attached hydrogens (tertiary/aromatic N) is 2. The van der Waals surface area contributed by atoms with Gasteiger partial charge in [-0.1, -0.05) is 0 Å². The molecule has 0 saturated heterocycles. The minimum Gasteiger partial charge on any atom is -0.497 e. The molecule has 0 spiro atoms. The number of hydrogen-bond donors (Lipinski definition) is 0. The molecule has 0 unspecified atom stereocenters. The van der Waals surface area contributed by atoms with Crippen molar-refractivity contribution in [2.24, 2.45) is 0 Å². The van der Waals surface area contributed by atoms with E-state index in [9.17, 15) is 0 Å². The first kappa shape index (κ1) is 7.85. The normalized spacial score (nSPS) is 14.6.